The van der Waals surface area contributed by atoms with Gasteiger partial charge in [-0.1, -0.05) is 93.8 Å². The van der Waals surface area contributed by atoms with E-state index in [1.807, 2.05) is 36.4 Å². The van der Waals surface area contributed by atoms with E-state index in [0.717, 1.165) is 29.9 Å². The van der Waals surface area contributed by atoms with Gasteiger partial charge in [0.15, 0.2) is 0 Å². The minimum absolute atomic E-state index is 0.409. The summed E-state index contributed by atoms with van der Waals surface area (Å²) in [6.07, 6.45) is 10.4. The van der Waals surface area contributed by atoms with Gasteiger partial charge >= 0.3 is 5.97 Å². The van der Waals surface area contributed by atoms with Crippen LogP contribution in [0, 0.1) is 0 Å². The second-order valence-corrected chi connectivity index (χ2v) is 8.71. The minimum Gasteiger partial charge on any atom is -0.494 e. The lowest BCUT2D eigenvalue weighted by Gasteiger charge is -2.08. The molecule has 0 heterocycles. The first-order valence-corrected chi connectivity index (χ1v) is 12.3. The third kappa shape index (κ3) is 8.58. The highest BCUT2D eigenvalue weighted by molar-refractivity contribution is 6.30. The third-order valence-electron chi connectivity index (χ3n) is 5.58. The van der Waals surface area contributed by atoms with Crippen molar-refractivity contribution in [2.45, 2.75) is 58.3 Å². The van der Waals surface area contributed by atoms with Gasteiger partial charge in [-0.3, -0.25) is 0 Å². The summed E-state index contributed by atoms with van der Waals surface area (Å²) in [5.74, 6) is 0.913. The Kier molecular flexibility index (Phi) is 10.3. The van der Waals surface area contributed by atoms with Crippen LogP contribution in [0.5, 0.6) is 11.5 Å². The van der Waals surface area contributed by atoms with Crippen LogP contribution >= 0.6 is 11.6 Å². The maximum Gasteiger partial charge on any atom is 0.343 e. The molecule has 0 spiro atoms. The number of halogens is 1. The highest BCUT2D eigenvalue weighted by Gasteiger charge is 2.09. The topological polar surface area (TPSA) is 35.5 Å². The molecule has 3 aromatic rings. The second-order valence-electron chi connectivity index (χ2n) is 8.27. The number of hydrogen-bond donors (Lipinski definition) is 0. The van der Waals surface area contributed by atoms with Crippen LogP contribution < -0.4 is 9.47 Å². The standard InChI is InChI=1S/C29H33ClO3/c1-2-3-4-5-6-7-8-9-21-32-27-19-17-24(18-20-27)23-13-15-25(16-14-23)29(31)33-28-12-10-11-26(30)22-28/h10-20,22H,2-9,21H2,1H3. The Hall–Kier alpha value is -2.78. The number of benzene rings is 3. The molecule has 3 nitrogen and oxygen atoms in total. The summed E-state index contributed by atoms with van der Waals surface area (Å²) in [5.41, 5.74) is 2.59. The molecule has 0 atom stereocenters. The summed E-state index contributed by atoms with van der Waals surface area (Å²) >= 11 is 5.94. The van der Waals surface area contributed by atoms with E-state index in [1.54, 1.807) is 36.4 Å². The SMILES string of the molecule is CCCCCCCCCCOc1ccc(-c2ccc(C(=O)Oc3cccc(Cl)c3)cc2)cc1. The Balaban J connectivity index is 1.42. The average molecular weight is 465 g/mol. The molecule has 0 aromatic heterocycles. The van der Waals surface area contributed by atoms with Crippen LogP contribution in [0.2, 0.25) is 5.02 Å². The van der Waals surface area contributed by atoms with Gasteiger partial charge in [-0.25, -0.2) is 4.79 Å². The van der Waals surface area contributed by atoms with Crippen molar-refractivity contribution in [3.63, 3.8) is 0 Å². The zero-order valence-electron chi connectivity index (χ0n) is 19.4. The van der Waals surface area contributed by atoms with Gasteiger partial charge in [-0.05, 0) is 60.0 Å². The van der Waals surface area contributed by atoms with E-state index in [2.05, 4.69) is 6.92 Å². The molecule has 0 saturated heterocycles. The van der Waals surface area contributed by atoms with E-state index in [-0.39, 0.29) is 0 Å². The smallest absolute Gasteiger partial charge is 0.343 e. The fourth-order valence-electron chi connectivity index (χ4n) is 3.66. The molecule has 3 rings (SSSR count). The Morgan fingerprint density at radius 1 is 0.727 bits per heavy atom. The zero-order chi connectivity index (χ0) is 23.3. The van der Waals surface area contributed by atoms with Crippen LogP contribution in [-0.4, -0.2) is 12.6 Å². The van der Waals surface area contributed by atoms with E-state index in [1.165, 1.54) is 44.9 Å². The molecule has 0 aliphatic carbocycles. The number of carbonyl (C=O) groups excluding carboxylic acids is 1. The van der Waals surface area contributed by atoms with Crippen LogP contribution in [0.25, 0.3) is 11.1 Å². The number of unbranched alkanes of at least 4 members (excludes halogenated alkanes) is 7. The summed E-state index contributed by atoms with van der Waals surface area (Å²) in [6.45, 7) is 3.01. The van der Waals surface area contributed by atoms with Gasteiger partial charge in [0, 0.05) is 5.02 Å². The van der Waals surface area contributed by atoms with E-state index in [9.17, 15) is 4.79 Å². The molecule has 0 N–H and O–H groups in total. The van der Waals surface area contributed by atoms with Gasteiger partial charge in [0.25, 0.3) is 0 Å². The van der Waals surface area contributed by atoms with Gasteiger partial charge in [-0.15, -0.1) is 0 Å². The predicted molar refractivity (Wildman–Crippen MR) is 136 cm³/mol. The van der Waals surface area contributed by atoms with Crippen molar-refractivity contribution in [3.05, 3.63) is 83.4 Å². The molecule has 0 unspecified atom stereocenters. The van der Waals surface area contributed by atoms with E-state index in [0.29, 0.717) is 16.3 Å². The first-order chi connectivity index (χ1) is 16.2. The second kappa shape index (κ2) is 13.7. The summed E-state index contributed by atoms with van der Waals surface area (Å²) in [6, 6.07) is 22.3. The number of hydrogen-bond acceptors (Lipinski definition) is 3. The minimum atomic E-state index is -0.409. The van der Waals surface area contributed by atoms with E-state index >= 15 is 0 Å². The maximum atomic E-state index is 12.4. The summed E-state index contributed by atoms with van der Waals surface area (Å²) in [5, 5.41) is 0.529. The number of carbonyl (C=O) groups is 1. The van der Waals surface area contributed by atoms with Crippen molar-refractivity contribution in [2.75, 3.05) is 6.61 Å². The molecule has 0 amide bonds. The maximum absolute atomic E-state index is 12.4. The molecule has 174 valence electrons. The van der Waals surface area contributed by atoms with E-state index < -0.39 is 5.97 Å². The molecule has 0 aliphatic rings. The Morgan fingerprint density at radius 2 is 1.33 bits per heavy atom. The van der Waals surface area contributed by atoms with E-state index in [4.69, 9.17) is 21.1 Å². The fraction of sp³-hybridized carbons (Fsp3) is 0.345. The Morgan fingerprint density at radius 3 is 1.97 bits per heavy atom. The van der Waals surface area contributed by atoms with Crippen molar-refractivity contribution in [3.8, 4) is 22.6 Å². The molecular weight excluding hydrogens is 432 g/mol. The largest absolute Gasteiger partial charge is 0.494 e. The van der Waals surface area contributed by atoms with Crippen molar-refractivity contribution in [1.29, 1.82) is 0 Å². The van der Waals surface area contributed by atoms with Crippen molar-refractivity contribution >= 4 is 17.6 Å². The molecule has 3 aromatic carbocycles. The molecule has 0 radical (unpaired) electrons. The van der Waals surface area contributed by atoms with Gasteiger partial charge in [0.05, 0.1) is 12.2 Å². The number of rotatable bonds is 13. The average Bonchev–Trinajstić information content (AvgIpc) is 2.83. The van der Waals surface area contributed by atoms with Crippen LogP contribution in [0.3, 0.4) is 0 Å². The van der Waals surface area contributed by atoms with Gasteiger partial charge in [-0.2, -0.15) is 0 Å². The molecule has 0 bridgehead atoms. The fourth-order valence-corrected chi connectivity index (χ4v) is 3.85. The van der Waals surface area contributed by atoms with Crippen LogP contribution in [-0.2, 0) is 0 Å². The predicted octanol–water partition coefficient (Wildman–Crippen LogP) is 8.75. The van der Waals surface area contributed by atoms with Gasteiger partial charge in [0.1, 0.15) is 11.5 Å². The lowest BCUT2D eigenvalue weighted by atomic mass is 10.0. The highest BCUT2D eigenvalue weighted by Crippen LogP contribution is 2.24. The normalized spacial score (nSPS) is 10.7. The van der Waals surface area contributed by atoms with Crippen LogP contribution in [0.15, 0.2) is 72.8 Å². The van der Waals surface area contributed by atoms with Crippen molar-refractivity contribution in [1.82, 2.24) is 0 Å². The number of esters is 1. The van der Waals surface area contributed by atoms with Crippen LogP contribution in [0.4, 0.5) is 0 Å². The molecule has 4 heteroatoms. The highest BCUT2D eigenvalue weighted by atomic mass is 35.5. The molecule has 0 aliphatic heterocycles. The molecular formula is C29H33ClO3. The lowest BCUT2D eigenvalue weighted by molar-refractivity contribution is 0.0735. The van der Waals surface area contributed by atoms with Gasteiger partial charge < -0.3 is 9.47 Å². The molecule has 33 heavy (non-hydrogen) atoms. The third-order valence-corrected chi connectivity index (χ3v) is 5.82. The first kappa shape index (κ1) is 24.9. The summed E-state index contributed by atoms with van der Waals surface area (Å²) in [7, 11) is 0. The van der Waals surface area contributed by atoms with Crippen molar-refractivity contribution in [2.24, 2.45) is 0 Å². The van der Waals surface area contributed by atoms with Crippen LogP contribution in [0.1, 0.15) is 68.6 Å². The monoisotopic (exact) mass is 464 g/mol. The molecule has 0 fully saturated rings. The summed E-state index contributed by atoms with van der Waals surface area (Å²) < 4.78 is 11.3. The zero-order valence-corrected chi connectivity index (χ0v) is 20.2. The van der Waals surface area contributed by atoms with Gasteiger partial charge in [0.2, 0.25) is 0 Å². The Labute approximate surface area is 202 Å². The van der Waals surface area contributed by atoms with Crippen molar-refractivity contribution < 1.29 is 14.3 Å². The number of ether oxygens (including phenoxy) is 2. The molecule has 0 saturated carbocycles. The quantitative estimate of drug-likeness (QED) is 0.144. The Bertz CT molecular complexity index is 981. The lowest BCUT2D eigenvalue weighted by Crippen LogP contribution is -2.08. The summed E-state index contributed by atoms with van der Waals surface area (Å²) in [4.78, 5) is 12.4. The first-order valence-electron chi connectivity index (χ1n) is 12.0.